The number of thioether (sulfide) groups is 1. The van der Waals surface area contributed by atoms with E-state index in [1.54, 1.807) is 146 Å². The Balaban J connectivity index is 1.33. The van der Waals surface area contributed by atoms with E-state index < -0.39 is 61.1 Å². The first-order valence-electron chi connectivity index (χ1n) is 19.9. The molecule has 12 nitrogen and oxygen atoms in total. The molecule has 0 bridgehead atoms. The molecule has 7 rings (SSSR count). The second-order valence-electron chi connectivity index (χ2n) is 14.0. The summed E-state index contributed by atoms with van der Waals surface area (Å²) in [4.78, 5) is 60.5. The van der Waals surface area contributed by atoms with Crippen molar-refractivity contribution >= 4 is 75.4 Å². The molecule has 0 saturated carbocycles. The third-order valence-corrected chi connectivity index (χ3v) is 10.9. The summed E-state index contributed by atoms with van der Waals surface area (Å²) in [5.41, 5.74) is 2.27. The van der Waals surface area contributed by atoms with Crippen molar-refractivity contribution in [2.45, 2.75) is 36.4 Å². The predicted octanol–water partition coefficient (Wildman–Crippen LogP) is 9.17. The van der Waals surface area contributed by atoms with Crippen LogP contribution < -0.4 is 10.6 Å². The number of ether oxygens (including phenoxy) is 5. The minimum atomic E-state index is -1.60. The van der Waals surface area contributed by atoms with Crippen molar-refractivity contribution in [1.82, 2.24) is 5.32 Å². The van der Waals surface area contributed by atoms with Crippen LogP contribution in [0.15, 0.2) is 181 Å². The van der Waals surface area contributed by atoms with Gasteiger partial charge in [-0.1, -0.05) is 133 Å². The van der Waals surface area contributed by atoms with Gasteiger partial charge in [-0.05, 0) is 84.5 Å². The van der Waals surface area contributed by atoms with Gasteiger partial charge in [0.25, 0.3) is 0 Å². The lowest BCUT2D eigenvalue weighted by atomic mass is 9.97. The molecule has 0 amide bonds. The Labute approximate surface area is 383 Å². The number of thiocarbonyl (C=S) groups is 1. The van der Waals surface area contributed by atoms with Crippen molar-refractivity contribution < 1.29 is 42.9 Å². The number of nitrogens with zero attached hydrogens (tertiary/aromatic N) is 1. The number of hydrogen-bond acceptors (Lipinski definition) is 12. The lowest BCUT2D eigenvalue weighted by Crippen LogP contribution is -2.62. The van der Waals surface area contributed by atoms with Gasteiger partial charge in [-0.15, -0.1) is 0 Å². The number of aliphatic imine (C=N–C) groups is 1. The predicted molar refractivity (Wildman–Crippen MR) is 248 cm³/mol. The minimum Gasteiger partial charge on any atom is -0.459 e. The van der Waals surface area contributed by atoms with Crippen LogP contribution in [-0.2, 0) is 29.4 Å². The summed E-state index contributed by atoms with van der Waals surface area (Å²) in [6.45, 7) is -0.514. The molecule has 0 radical (unpaired) electrons. The maximum absolute atomic E-state index is 14.1. The first kappa shape index (κ1) is 45.2. The summed E-state index contributed by atoms with van der Waals surface area (Å²) in [6.07, 6.45) is -7.59. The van der Waals surface area contributed by atoms with Crippen LogP contribution in [-0.4, -0.2) is 71.4 Å². The Morgan fingerprint density at radius 1 is 0.594 bits per heavy atom. The van der Waals surface area contributed by atoms with Crippen LogP contribution in [0.5, 0.6) is 0 Å². The van der Waals surface area contributed by atoms with Gasteiger partial charge >= 0.3 is 23.9 Å². The first-order chi connectivity index (χ1) is 31.2. The minimum absolute atomic E-state index is 0.130. The highest BCUT2D eigenvalue weighted by Crippen LogP contribution is 2.33. The molecular weight excluding hydrogens is 874 g/mol. The fourth-order valence-corrected chi connectivity index (χ4v) is 7.74. The van der Waals surface area contributed by atoms with E-state index in [9.17, 15) is 19.2 Å². The number of carbonyl (C=O) groups excluding carboxylic acids is 4. The molecule has 324 valence electrons. The lowest BCUT2D eigenvalue weighted by molar-refractivity contribution is -0.226. The number of halogens is 1. The highest BCUT2D eigenvalue weighted by Gasteiger charge is 2.53. The largest absolute Gasteiger partial charge is 0.459 e. The number of rotatable bonds is 13. The SMILES string of the molecule is O=C(OC[C@H]1O[C@@H](/N=C(\NC(=S)Nc2cccc(Cl)c2)SCc2ccccc2)[C@H](OC(=O)c2ccccc2)[C@@H](OC(=O)c2ccccc2)[C@@H]1OC(=O)c1ccccc1)c1ccccc1. The van der Waals surface area contributed by atoms with Crippen molar-refractivity contribution in [3.63, 3.8) is 0 Å². The van der Waals surface area contributed by atoms with E-state index >= 15 is 0 Å². The quantitative estimate of drug-likeness (QED) is 0.0373. The van der Waals surface area contributed by atoms with E-state index in [-0.39, 0.29) is 32.5 Å². The first-order valence-corrected chi connectivity index (χ1v) is 21.7. The second kappa shape index (κ2) is 22.5. The molecule has 0 spiro atoms. The van der Waals surface area contributed by atoms with Crippen LogP contribution in [0.3, 0.4) is 0 Å². The zero-order valence-corrected chi connectivity index (χ0v) is 36.2. The van der Waals surface area contributed by atoms with Gasteiger partial charge < -0.3 is 34.3 Å². The van der Waals surface area contributed by atoms with E-state index in [0.29, 0.717) is 16.5 Å². The van der Waals surface area contributed by atoms with Crippen molar-refractivity contribution in [1.29, 1.82) is 0 Å². The summed E-state index contributed by atoms with van der Waals surface area (Å²) in [6, 6.07) is 49.2. The van der Waals surface area contributed by atoms with Gasteiger partial charge in [0.1, 0.15) is 12.7 Å². The average molecular weight is 914 g/mol. The maximum atomic E-state index is 14.1. The number of nitrogens with one attached hydrogen (secondary N) is 2. The second-order valence-corrected chi connectivity index (χ2v) is 15.8. The molecule has 0 unspecified atom stereocenters. The molecule has 5 atom stereocenters. The summed E-state index contributed by atoms with van der Waals surface area (Å²) in [7, 11) is 0. The zero-order valence-electron chi connectivity index (χ0n) is 33.9. The number of benzene rings is 6. The molecule has 1 aliphatic heterocycles. The highest BCUT2D eigenvalue weighted by atomic mass is 35.5. The van der Waals surface area contributed by atoms with E-state index in [4.69, 9.17) is 52.5 Å². The van der Waals surface area contributed by atoms with Gasteiger partial charge in [-0.25, -0.2) is 24.2 Å². The van der Waals surface area contributed by atoms with Gasteiger partial charge in [-0.2, -0.15) is 0 Å². The average Bonchev–Trinajstić information content (AvgIpc) is 3.33. The molecule has 64 heavy (non-hydrogen) atoms. The Morgan fingerprint density at radius 3 is 1.58 bits per heavy atom. The standard InChI is InChI=1S/C49H40ClN3O9S2/c50-37-27-16-28-38(29-37)51-48(63)53-49(64-31-32-17-6-1-7-18-32)52-43-42(62-47(57)36-25-14-5-15-26-36)41(61-46(56)35-23-12-4-13-24-35)40(60-45(55)34-21-10-3-11-22-34)39(59-43)30-58-44(54)33-19-8-2-9-20-33/h1-29,39-43H,30-31H2,(H2,51,52,53,63)/t39-,40-,41+,42-,43-/m1/s1. The van der Waals surface area contributed by atoms with Gasteiger partial charge in [0.15, 0.2) is 34.8 Å². The number of esters is 4. The topological polar surface area (TPSA) is 151 Å². The number of hydrogen-bond donors (Lipinski definition) is 2. The van der Waals surface area contributed by atoms with Crippen LogP contribution in [0.25, 0.3) is 0 Å². The van der Waals surface area contributed by atoms with Crippen LogP contribution in [0.2, 0.25) is 5.02 Å². The Hall–Kier alpha value is -6.84. The maximum Gasteiger partial charge on any atom is 0.338 e. The molecule has 1 fully saturated rings. The van der Waals surface area contributed by atoms with E-state index in [2.05, 4.69) is 10.6 Å². The third-order valence-electron chi connectivity index (χ3n) is 9.52. The Bertz CT molecular complexity index is 2560. The zero-order chi connectivity index (χ0) is 44.7. The molecular formula is C49H40ClN3O9S2. The summed E-state index contributed by atoms with van der Waals surface area (Å²) < 4.78 is 31.1. The van der Waals surface area contributed by atoms with Crippen molar-refractivity contribution in [3.8, 4) is 0 Å². The summed E-state index contributed by atoms with van der Waals surface area (Å²) >= 11 is 13.2. The van der Waals surface area contributed by atoms with Crippen molar-refractivity contribution in [2.75, 3.05) is 11.9 Å². The van der Waals surface area contributed by atoms with E-state index in [1.807, 2.05) is 30.3 Å². The molecule has 1 saturated heterocycles. The van der Waals surface area contributed by atoms with Gasteiger partial charge in [0.05, 0.1) is 22.3 Å². The van der Waals surface area contributed by atoms with Gasteiger partial charge in [0, 0.05) is 16.5 Å². The molecule has 1 aliphatic rings. The molecule has 1 heterocycles. The van der Waals surface area contributed by atoms with E-state index in [0.717, 1.165) is 5.56 Å². The smallest absolute Gasteiger partial charge is 0.338 e. The Morgan fingerprint density at radius 2 is 1.06 bits per heavy atom. The van der Waals surface area contributed by atoms with E-state index in [1.165, 1.54) is 11.8 Å². The summed E-state index contributed by atoms with van der Waals surface area (Å²) in [5.74, 6) is -2.77. The molecule has 6 aromatic carbocycles. The van der Waals surface area contributed by atoms with Crippen LogP contribution in [0.1, 0.15) is 47.0 Å². The van der Waals surface area contributed by atoms with Crippen molar-refractivity contribution in [2.24, 2.45) is 4.99 Å². The molecule has 0 aromatic heterocycles. The Kier molecular flexibility index (Phi) is 15.9. The number of amidine groups is 1. The molecule has 6 aromatic rings. The summed E-state index contributed by atoms with van der Waals surface area (Å²) in [5, 5.41) is 7.04. The molecule has 15 heteroatoms. The van der Waals surface area contributed by atoms with Crippen LogP contribution in [0.4, 0.5) is 5.69 Å². The van der Waals surface area contributed by atoms with Crippen molar-refractivity contribution in [3.05, 3.63) is 209 Å². The van der Waals surface area contributed by atoms with Gasteiger partial charge in [0.2, 0.25) is 0 Å². The number of anilines is 1. The van der Waals surface area contributed by atoms with Crippen LogP contribution >= 0.6 is 35.6 Å². The fourth-order valence-electron chi connectivity index (χ4n) is 6.42. The molecule has 0 aliphatic carbocycles. The highest BCUT2D eigenvalue weighted by molar-refractivity contribution is 8.13. The lowest BCUT2D eigenvalue weighted by Gasteiger charge is -2.43. The number of carbonyl (C=O) groups is 4. The van der Waals surface area contributed by atoms with Gasteiger partial charge in [-0.3, -0.25) is 0 Å². The third kappa shape index (κ3) is 12.6. The monoisotopic (exact) mass is 913 g/mol. The molecule has 2 N–H and O–H groups in total. The fraction of sp³-hybridized carbons (Fsp3) is 0.143. The normalized spacial score (nSPS) is 18.1. The van der Waals surface area contributed by atoms with Crippen LogP contribution in [0, 0.1) is 0 Å².